The molecule has 0 rings (SSSR count). The number of nitrogens with zero attached hydrogens (tertiary/aromatic N) is 2. The fraction of sp³-hybridized carbons (Fsp3) is 0.889. The van der Waals surface area contributed by atoms with Crippen LogP contribution < -0.4 is 10.6 Å². The second-order valence-corrected chi connectivity index (χ2v) is 6.20. The highest BCUT2D eigenvalue weighted by Gasteiger charge is 2.01. The Morgan fingerprint density at radius 2 is 0.917 bits per heavy atom. The van der Waals surface area contributed by atoms with E-state index in [-0.39, 0.29) is 0 Å². The van der Waals surface area contributed by atoms with Gasteiger partial charge in [0.15, 0.2) is 0 Å². The minimum atomic E-state index is -0.543. The van der Waals surface area contributed by atoms with Crippen LogP contribution in [0.1, 0.15) is 90.9 Å². The van der Waals surface area contributed by atoms with Gasteiger partial charge >= 0.3 is 12.1 Å². The van der Waals surface area contributed by atoms with Crippen molar-refractivity contribution in [1.29, 1.82) is 0 Å². The Hall–Kier alpha value is -1.46. The zero-order valence-electron chi connectivity index (χ0n) is 15.6. The topological polar surface area (TPSA) is 82.9 Å². The molecule has 0 aromatic carbocycles. The fourth-order valence-electron chi connectivity index (χ4n) is 2.36. The normalized spacial score (nSPS) is 10.9. The van der Waals surface area contributed by atoms with Crippen molar-refractivity contribution in [1.82, 2.24) is 10.6 Å². The fourth-order valence-corrected chi connectivity index (χ4v) is 2.36. The van der Waals surface area contributed by atoms with Crippen molar-refractivity contribution in [2.24, 2.45) is 10.2 Å². The Kier molecular flexibility index (Phi) is 16.8. The predicted molar refractivity (Wildman–Crippen MR) is 98.4 cm³/mol. The third-order valence-electron chi connectivity index (χ3n) is 3.84. The van der Waals surface area contributed by atoms with Crippen molar-refractivity contribution in [2.75, 3.05) is 13.1 Å². The van der Waals surface area contributed by atoms with Crippen LogP contribution in [0, 0.1) is 0 Å². The van der Waals surface area contributed by atoms with E-state index in [2.05, 4.69) is 34.7 Å². The maximum Gasteiger partial charge on any atom is 0.359 e. The number of hydrogen-bond acceptors (Lipinski definition) is 2. The van der Waals surface area contributed by atoms with Gasteiger partial charge in [-0.05, 0) is 12.8 Å². The number of amides is 4. The van der Waals surface area contributed by atoms with Crippen LogP contribution in [0.5, 0.6) is 0 Å². The zero-order chi connectivity index (χ0) is 17.9. The molecule has 0 atom stereocenters. The summed E-state index contributed by atoms with van der Waals surface area (Å²) in [6.07, 6.45) is 14.0. The van der Waals surface area contributed by atoms with Gasteiger partial charge in [-0.2, -0.15) is 0 Å². The van der Waals surface area contributed by atoms with Gasteiger partial charge < -0.3 is 10.6 Å². The third-order valence-corrected chi connectivity index (χ3v) is 3.84. The van der Waals surface area contributed by atoms with Gasteiger partial charge in [0.1, 0.15) is 0 Å². The van der Waals surface area contributed by atoms with Gasteiger partial charge in [0, 0.05) is 13.1 Å². The van der Waals surface area contributed by atoms with Gasteiger partial charge in [0.05, 0.1) is 0 Å². The van der Waals surface area contributed by atoms with Crippen LogP contribution in [0.15, 0.2) is 10.2 Å². The number of azo groups is 1. The Bertz CT molecular complexity index is 314. The highest BCUT2D eigenvalue weighted by Crippen LogP contribution is 2.04. The van der Waals surface area contributed by atoms with Gasteiger partial charge in [0.2, 0.25) is 0 Å². The Morgan fingerprint density at radius 3 is 1.29 bits per heavy atom. The molecule has 0 radical (unpaired) electrons. The minimum absolute atomic E-state index is 0.543. The monoisotopic (exact) mass is 340 g/mol. The number of carbonyl (C=O) groups is 2. The lowest BCUT2D eigenvalue weighted by Gasteiger charge is -2.02. The van der Waals surface area contributed by atoms with Gasteiger partial charge in [-0.15, -0.1) is 0 Å². The Labute approximate surface area is 147 Å². The van der Waals surface area contributed by atoms with Crippen molar-refractivity contribution in [2.45, 2.75) is 90.9 Å². The first-order chi connectivity index (χ1) is 11.7. The molecule has 0 unspecified atom stereocenters. The summed E-state index contributed by atoms with van der Waals surface area (Å²) in [6.45, 7) is 5.55. The average Bonchev–Trinajstić information content (AvgIpc) is 2.58. The summed E-state index contributed by atoms with van der Waals surface area (Å²) in [5.41, 5.74) is 0. The van der Waals surface area contributed by atoms with Crippen molar-refractivity contribution >= 4 is 12.1 Å². The predicted octanol–water partition coefficient (Wildman–Crippen LogP) is 5.58. The molecule has 0 fully saturated rings. The number of carbonyl (C=O) groups excluding carboxylic acids is 2. The number of rotatable bonds is 14. The molecule has 0 aliphatic heterocycles. The van der Waals surface area contributed by atoms with E-state index >= 15 is 0 Å². The van der Waals surface area contributed by atoms with Crippen LogP contribution in [0.2, 0.25) is 0 Å². The molecule has 4 amide bonds. The zero-order valence-corrected chi connectivity index (χ0v) is 15.6. The molecule has 0 spiro atoms. The molecule has 0 bridgehead atoms. The van der Waals surface area contributed by atoms with E-state index in [4.69, 9.17) is 0 Å². The van der Waals surface area contributed by atoms with Crippen molar-refractivity contribution in [3.63, 3.8) is 0 Å². The van der Waals surface area contributed by atoms with Crippen molar-refractivity contribution in [3.05, 3.63) is 0 Å². The molecule has 2 N–H and O–H groups in total. The minimum Gasteiger partial charge on any atom is -0.335 e. The summed E-state index contributed by atoms with van der Waals surface area (Å²) < 4.78 is 0. The van der Waals surface area contributed by atoms with Gasteiger partial charge in [0.25, 0.3) is 0 Å². The lowest BCUT2D eigenvalue weighted by Crippen LogP contribution is -2.23. The first-order valence-electron chi connectivity index (χ1n) is 9.68. The van der Waals surface area contributed by atoms with E-state index in [1.165, 1.54) is 51.4 Å². The van der Waals surface area contributed by atoms with E-state index in [9.17, 15) is 9.59 Å². The summed E-state index contributed by atoms with van der Waals surface area (Å²) in [7, 11) is 0. The lowest BCUT2D eigenvalue weighted by molar-refractivity contribution is 0.241. The summed E-state index contributed by atoms with van der Waals surface area (Å²) >= 11 is 0. The number of nitrogens with one attached hydrogen (secondary N) is 2. The second-order valence-electron chi connectivity index (χ2n) is 6.20. The van der Waals surface area contributed by atoms with Crippen molar-refractivity contribution in [3.8, 4) is 0 Å². The molecule has 0 saturated heterocycles. The molecule has 0 saturated carbocycles. The van der Waals surface area contributed by atoms with Gasteiger partial charge in [-0.1, -0.05) is 88.3 Å². The molecule has 0 aliphatic carbocycles. The molecular formula is C18H36N4O2. The summed E-state index contributed by atoms with van der Waals surface area (Å²) in [4.78, 5) is 22.8. The largest absolute Gasteiger partial charge is 0.359 e. The van der Waals surface area contributed by atoms with Crippen LogP contribution in [-0.4, -0.2) is 25.2 Å². The molecular weight excluding hydrogens is 304 g/mol. The van der Waals surface area contributed by atoms with E-state index in [1.807, 2.05) is 0 Å². The average molecular weight is 341 g/mol. The molecule has 0 aliphatic rings. The SMILES string of the molecule is CCCCCCCCNC(=O)N=NC(=O)NCCCCCCCC. The quantitative estimate of drug-likeness (QED) is 0.319. The standard InChI is InChI=1S/C18H36N4O2/c1-3-5-7-9-11-13-15-19-17(23)21-22-18(24)20-16-14-12-10-8-6-4-2/h3-16H2,1-2H3,(H,19,23)(H,20,24). The molecule has 0 aromatic heterocycles. The highest BCUT2D eigenvalue weighted by atomic mass is 16.2. The van der Waals surface area contributed by atoms with E-state index in [1.54, 1.807) is 0 Å². The van der Waals surface area contributed by atoms with Gasteiger partial charge in [-0.3, -0.25) is 0 Å². The maximum atomic E-state index is 11.4. The Balaban J connectivity index is 3.48. The smallest absolute Gasteiger partial charge is 0.335 e. The van der Waals surface area contributed by atoms with Crippen LogP contribution in [0.4, 0.5) is 9.59 Å². The summed E-state index contributed by atoms with van der Waals surface area (Å²) in [5.74, 6) is 0. The maximum absolute atomic E-state index is 11.4. The molecule has 24 heavy (non-hydrogen) atoms. The van der Waals surface area contributed by atoms with Crippen molar-refractivity contribution < 1.29 is 9.59 Å². The highest BCUT2D eigenvalue weighted by molar-refractivity contribution is 5.79. The molecule has 0 aromatic rings. The lowest BCUT2D eigenvalue weighted by atomic mass is 10.1. The van der Waals surface area contributed by atoms with Crippen LogP contribution in [0.25, 0.3) is 0 Å². The number of hydrogen-bond donors (Lipinski definition) is 2. The van der Waals surface area contributed by atoms with E-state index in [0.717, 1.165) is 25.7 Å². The van der Waals surface area contributed by atoms with Crippen LogP contribution in [0.3, 0.4) is 0 Å². The van der Waals surface area contributed by atoms with Crippen LogP contribution in [-0.2, 0) is 0 Å². The van der Waals surface area contributed by atoms with E-state index in [0.29, 0.717) is 13.1 Å². The number of urea groups is 2. The molecule has 0 heterocycles. The van der Waals surface area contributed by atoms with E-state index < -0.39 is 12.1 Å². The molecule has 6 nitrogen and oxygen atoms in total. The van der Waals surface area contributed by atoms with Gasteiger partial charge in [-0.25, -0.2) is 9.59 Å². The number of unbranched alkanes of at least 4 members (excludes halogenated alkanes) is 10. The summed E-state index contributed by atoms with van der Waals surface area (Å²) in [6, 6.07) is -1.09. The Morgan fingerprint density at radius 1 is 0.583 bits per heavy atom. The first-order valence-corrected chi connectivity index (χ1v) is 9.68. The third kappa shape index (κ3) is 16.9. The second kappa shape index (κ2) is 17.9. The molecule has 140 valence electrons. The van der Waals surface area contributed by atoms with Crippen LogP contribution >= 0.6 is 0 Å². The molecule has 6 heteroatoms. The summed E-state index contributed by atoms with van der Waals surface area (Å²) in [5, 5.41) is 12.0. The first kappa shape index (κ1) is 22.5.